The highest BCUT2D eigenvalue weighted by Crippen LogP contribution is 2.28. The van der Waals surface area contributed by atoms with Crippen LogP contribution in [0.25, 0.3) is 0 Å². The summed E-state index contributed by atoms with van der Waals surface area (Å²) in [6, 6.07) is 2.13. The summed E-state index contributed by atoms with van der Waals surface area (Å²) in [5.41, 5.74) is 3.31. The highest BCUT2D eigenvalue weighted by Gasteiger charge is 2.30. The summed E-state index contributed by atoms with van der Waals surface area (Å²) in [4.78, 5) is 15.6. The van der Waals surface area contributed by atoms with Gasteiger partial charge in [0.05, 0.1) is 11.5 Å². The van der Waals surface area contributed by atoms with E-state index in [-0.39, 0.29) is 18.6 Å². The quantitative estimate of drug-likeness (QED) is 0.435. The molecule has 0 spiro atoms. The number of aryl methyl sites for hydroxylation is 1. The molecule has 6 heteroatoms. The van der Waals surface area contributed by atoms with Crippen molar-refractivity contribution in [3.05, 3.63) is 21.4 Å². The predicted octanol–water partition coefficient (Wildman–Crippen LogP) is 0.863. The molecule has 1 fully saturated rings. The van der Waals surface area contributed by atoms with E-state index in [0.29, 0.717) is 10.8 Å². The number of nitrogens with zero attached hydrogens (tertiary/aromatic N) is 1. The van der Waals surface area contributed by atoms with Crippen LogP contribution in [0.3, 0.4) is 0 Å². The topological polar surface area (TPSA) is 78.6 Å². The van der Waals surface area contributed by atoms with E-state index in [9.17, 15) is 9.90 Å². The Morgan fingerprint density at radius 2 is 2.42 bits per heavy atom. The van der Waals surface area contributed by atoms with Crippen molar-refractivity contribution in [2.24, 2.45) is 11.8 Å². The van der Waals surface area contributed by atoms with Gasteiger partial charge in [0.2, 0.25) is 0 Å². The second kappa shape index (κ2) is 6.00. The lowest BCUT2D eigenvalue weighted by atomic mass is 10.0. The summed E-state index contributed by atoms with van der Waals surface area (Å²) >= 11 is 1.46. The number of thiophene rings is 1. The lowest BCUT2D eigenvalue weighted by molar-refractivity contribution is 0.0957. The molecule has 1 aromatic heterocycles. The van der Waals surface area contributed by atoms with E-state index in [0.717, 1.165) is 30.0 Å². The van der Waals surface area contributed by atoms with Crippen LogP contribution in [0.2, 0.25) is 0 Å². The third kappa shape index (κ3) is 2.97. The Bertz CT molecular complexity index is 461. The molecule has 0 bridgehead atoms. The summed E-state index contributed by atoms with van der Waals surface area (Å²) in [6.45, 7) is 6.17. The zero-order valence-electron chi connectivity index (χ0n) is 11.3. The van der Waals surface area contributed by atoms with Gasteiger partial charge in [-0.05, 0) is 37.4 Å². The lowest BCUT2D eigenvalue weighted by Crippen LogP contribution is -2.34. The number of likely N-dealkylation sites (tertiary alicyclic amines) is 1. The highest BCUT2D eigenvalue weighted by molar-refractivity contribution is 7.14. The molecular formula is C13H21N3O2S. The van der Waals surface area contributed by atoms with Gasteiger partial charge in [0.15, 0.2) is 0 Å². The molecule has 19 heavy (non-hydrogen) atoms. The molecule has 2 unspecified atom stereocenters. The largest absolute Gasteiger partial charge is 0.395 e. The van der Waals surface area contributed by atoms with Gasteiger partial charge in [-0.1, -0.05) is 6.92 Å². The van der Waals surface area contributed by atoms with Crippen molar-refractivity contribution in [2.45, 2.75) is 32.9 Å². The second-order valence-corrected chi connectivity index (χ2v) is 6.41. The van der Waals surface area contributed by atoms with Crippen LogP contribution < -0.4 is 11.3 Å². The van der Waals surface area contributed by atoms with E-state index in [1.165, 1.54) is 11.3 Å². The molecule has 0 saturated carbocycles. The first kappa shape index (κ1) is 14.5. The molecule has 0 radical (unpaired) electrons. The van der Waals surface area contributed by atoms with Crippen LogP contribution in [0.15, 0.2) is 6.07 Å². The average molecular weight is 283 g/mol. The van der Waals surface area contributed by atoms with E-state index in [1.54, 1.807) is 0 Å². The van der Waals surface area contributed by atoms with Gasteiger partial charge in [0.25, 0.3) is 5.91 Å². The SMILES string of the molecule is Cc1sc(C(=O)NN)cc1CN1CCC(C)C1CO. The maximum absolute atomic E-state index is 11.5. The molecule has 2 rings (SSSR count). The number of aliphatic hydroxyl groups excluding tert-OH is 1. The fourth-order valence-electron chi connectivity index (χ4n) is 2.66. The maximum atomic E-state index is 11.5. The average Bonchev–Trinajstić information content (AvgIpc) is 2.93. The van der Waals surface area contributed by atoms with Gasteiger partial charge in [-0.2, -0.15) is 0 Å². The Kier molecular flexibility index (Phi) is 4.57. The Hall–Kier alpha value is -0.950. The van der Waals surface area contributed by atoms with Gasteiger partial charge >= 0.3 is 0 Å². The zero-order valence-corrected chi connectivity index (χ0v) is 12.2. The second-order valence-electron chi connectivity index (χ2n) is 5.15. The van der Waals surface area contributed by atoms with Crippen molar-refractivity contribution in [3.63, 3.8) is 0 Å². The molecule has 5 nitrogen and oxygen atoms in total. The molecule has 1 aliphatic heterocycles. The predicted molar refractivity (Wildman–Crippen MR) is 75.8 cm³/mol. The molecule has 1 aromatic rings. The minimum absolute atomic E-state index is 0.195. The number of carbonyl (C=O) groups excluding carboxylic acids is 1. The first-order valence-electron chi connectivity index (χ1n) is 6.52. The summed E-state index contributed by atoms with van der Waals surface area (Å²) in [7, 11) is 0. The normalized spacial score (nSPS) is 23.8. The number of hydrogen-bond donors (Lipinski definition) is 3. The first-order valence-corrected chi connectivity index (χ1v) is 7.33. The summed E-state index contributed by atoms with van der Waals surface area (Å²) in [5, 5.41) is 9.47. The minimum Gasteiger partial charge on any atom is -0.395 e. The molecule has 106 valence electrons. The Labute approximate surface area is 117 Å². The highest BCUT2D eigenvalue weighted by atomic mass is 32.1. The molecule has 2 atom stereocenters. The summed E-state index contributed by atoms with van der Waals surface area (Å²) in [5.74, 6) is 5.43. The molecule has 0 aliphatic carbocycles. The van der Waals surface area contributed by atoms with Crippen molar-refractivity contribution < 1.29 is 9.90 Å². The van der Waals surface area contributed by atoms with Crippen molar-refractivity contribution in [2.75, 3.05) is 13.2 Å². The number of nitrogen functional groups attached to an aromatic ring is 1. The van der Waals surface area contributed by atoms with Gasteiger partial charge < -0.3 is 5.11 Å². The van der Waals surface area contributed by atoms with E-state index < -0.39 is 0 Å². The van der Waals surface area contributed by atoms with Crippen molar-refractivity contribution in [3.8, 4) is 0 Å². The fourth-order valence-corrected chi connectivity index (χ4v) is 3.60. The molecule has 4 N–H and O–H groups in total. The number of hydrogen-bond acceptors (Lipinski definition) is 5. The van der Waals surface area contributed by atoms with Crippen LogP contribution in [0.5, 0.6) is 0 Å². The number of carbonyl (C=O) groups is 1. The summed E-state index contributed by atoms with van der Waals surface area (Å²) in [6.07, 6.45) is 1.12. The van der Waals surface area contributed by atoms with Crippen LogP contribution in [0, 0.1) is 12.8 Å². The summed E-state index contributed by atoms with van der Waals surface area (Å²) < 4.78 is 0. The molecule has 2 heterocycles. The molecular weight excluding hydrogens is 262 g/mol. The van der Waals surface area contributed by atoms with Gasteiger partial charge in [0.1, 0.15) is 0 Å². The third-order valence-electron chi connectivity index (χ3n) is 3.93. The van der Waals surface area contributed by atoms with Crippen molar-refractivity contribution >= 4 is 17.2 Å². The van der Waals surface area contributed by atoms with E-state index in [4.69, 9.17) is 5.84 Å². The maximum Gasteiger partial charge on any atom is 0.275 e. The third-order valence-corrected chi connectivity index (χ3v) is 5.03. The molecule has 1 amide bonds. The van der Waals surface area contributed by atoms with Gasteiger partial charge in [-0.15, -0.1) is 11.3 Å². The Balaban J connectivity index is 2.11. The van der Waals surface area contributed by atoms with Crippen LogP contribution in [-0.2, 0) is 6.54 Å². The number of hydrazine groups is 1. The van der Waals surface area contributed by atoms with E-state index >= 15 is 0 Å². The van der Waals surface area contributed by atoms with Gasteiger partial charge in [-0.3, -0.25) is 15.1 Å². The molecule has 1 aliphatic rings. The van der Waals surface area contributed by atoms with Crippen molar-refractivity contribution in [1.82, 2.24) is 10.3 Å². The number of amides is 1. The monoisotopic (exact) mass is 283 g/mol. The van der Waals surface area contributed by atoms with E-state index in [1.807, 2.05) is 13.0 Å². The molecule has 0 aromatic carbocycles. The molecule has 1 saturated heterocycles. The van der Waals surface area contributed by atoms with Crippen LogP contribution >= 0.6 is 11.3 Å². The smallest absolute Gasteiger partial charge is 0.275 e. The lowest BCUT2D eigenvalue weighted by Gasteiger charge is -2.24. The number of aliphatic hydroxyl groups is 1. The van der Waals surface area contributed by atoms with Crippen LogP contribution in [-0.4, -0.2) is 35.1 Å². The minimum atomic E-state index is -0.243. The Morgan fingerprint density at radius 1 is 1.68 bits per heavy atom. The van der Waals surface area contributed by atoms with Crippen molar-refractivity contribution in [1.29, 1.82) is 0 Å². The van der Waals surface area contributed by atoms with Gasteiger partial charge in [-0.25, -0.2) is 5.84 Å². The van der Waals surface area contributed by atoms with E-state index in [2.05, 4.69) is 17.2 Å². The fraction of sp³-hybridized carbons (Fsp3) is 0.615. The first-order chi connectivity index (χ1) is 9.06. The Morgan fingerprint density at radius 3 is 3.05 bits per heavy atom. The number of rotatable bonds is 4. The standard InChI is InChI=1S/C13H21N3O2S/c1-8-3-4-16(11(8)7-17)6-10-5-12(13(18)15-14)19-9(10)2/h5,8,11,17H,3-4,6-7,14H2,1-2H3,(H,15,18). The van der Waals surface area contributed by atoms with Crippen LogP contribution in [0.1, 0.15) is 33.5 Å². The number of nitrogens with two attached hydrogens (primary N) is 1. The van der Waals surface area contributed by atoms with Gasteiger partial charge in [0, 0.05) is 17.5 Å². The number of nitrogens with one attached hydrogen (secondary N) is 1. The zero-order chi connectivity index (χ0) is 14.0. The van der Waals surface area contributed by atoms with Crippen LogP contribution in [0.4, 0.5) is 0 Å².